The molecule has 0 aliphatic carbocycles. The third-order valence-electron chi connectivity index (χ3n) is 5.64. The number of benzene rings is 2. The van der Waals surface area contributed by atoms with E-state index in [9.17, 15) is 4.79 Å². The monoisotopic (exact) mass is 378 g/mol. The molecule has 0 spiro atoms. The molecule has 2 heterocycles. The fourth-order valence-corrected chi connectivity index (χ4v) is 4.04. The lowest BCUT2D eigenvalue weighted by Crippen LogP contribution is -2.18. The van der Waals surface area contributed by atoms with Crippen LogP contribution in [0.5, 0.6) is 0 Å². The van der Waals surface area contributed by atoms with Gasteiger partial charge >= 0.3 is 0 Å². The van der Waals surface area contributed by atoms with Crippen molar-refractivity contribution in [3.05, 3.63) is 48.5 Å². The number of amides is 1. The van der Waals surface area contributed by atoms with Gasteiger partial charge in [-0.05, 0) is 74.2 Å². The SMILES string of the molecule is O=C(CCNc1ccc(N2CCCC2)cc1)Nc1ccc(N2CCCC2)cc1. The van der Waals surface area contributed by atoms with E-state index in [1.807, 2.05) is 12.1 Å². The molecule has 2 N–H and O–H groups in total. The van der Waals surface area contributed by atoms with Crippen molar-refractivity contribution in [2.45, 2.75) is 32.1 Å². The average molecular weight is 379 g/mol. The van der Waals surface area contributed by atoms with Crippen LogP contribution in [-0.4, -0.2) is 38.6 Å². The first-order valence-electron chi connectivity index (χ1n) is 10.5. The average Bonchev–Trinajstić information content (AvgIpc) is 3.43. The summed E-state index contributed by atoms with van der Waals surface area (Å²) in [6.07, 6.45) is 5.56. The number of nitrogens with one attached hydrogen (secondary N) is 2. The Morgan fingerprint density at radius 2 is 1.18 bits per heavy atom. The number of hydrogen-bond acceptors (Lipinski definition) is 4. The largest absolute Gasteiger partial charge is 0.385 e. The predicted molar refractivity (Wildman–Crippen MR) is 118 cm³/mol. The smallest absolute Gasteiger partial charge is 0.226 e. The van der Waals surface area contributed by atoms with Crippen LogP contribution in [0.2, 0.25) is 0 Å². The second-order valence-electron chi connectivity index (χ2n) is 7.71. The summed E-state index contributed by atoms with van der Waals surface area (Å²) in [4.78, 5) is 17.0. The molecule has 1 amide bonds. The Morgan fingerprint density at radius 1 is 0.714 bits per heavy atom. The number of nitrogens with zero attached hydrogens (tertiary/aromatic N) is 2. The maximum Gasteiger partial charge on any atom is 0.226 e. The highest BCUT2D eigenvalue weighted by molar-refractivity contribution is 5.91. The Labute approximate surface area is 167 Å². The first kappa shape index (κ1) is 18.7. The molecule has 5 nitrogen and oxygen atoms in total. The van der Waals surface area contributed by atoms with Crippen LogP contribution in [0.4, 0.5) is 22.7 Å². The van der Waals surface area contributed by atoms with Crippen LogP contribution in [0.25, 0.3) is 0 Å². The van der Waals surface area contributed by atoms with E-state index in [4.69, 9.17) is 0 Å². The minimum absolute atomic E-state index is 0.0371. The van der Waals surface area contributed by atoms with Crippen molar-refractivity contribution >= 4 is 28.7 Å². The highest BCUT2D eigenvalue weighted by atomic mass is 16.1. The fourth-order valence-electron chi connectivity index (χ4n) is 4.04. The van der Waals surface area contributed by atoms with Gasteiger partial charge < -0.3 is 20.4 Å². The van der Waals surface area contributed by atoms with Crippen LogP contribution in [0.3, 0.4) is 0 Å². The maximum atomic E-state index is 12.2. The Kier molecular flexibility index (Phi) is 6.00. The summed E-state index contributed by atoms with van der Waals surface area (Å²) in [5, 5.41) is 6.33. The lowest BCUT2D eigenvalue weighted by atomic mass is 10.2. The molecule has 28 heavy (non-hydrogen) atoms. The van der Waals surface area contributed by atoms with Crippen molar-refractivity contribution < 1.29 is 4.79 Å². The summed E-state index contributed by atoms with van der Waals surface area (Å²) in [6, 6.07) is 16.7. The van der Waals surface area contributed by atoms with E-state index in [2.05, 4.69) is 56.8 Å². The molecule has 4 rings (SSSR count). The summed E-state index contributed by atoms with van der Waals surface area (Å²) in [6.45, 7) is 5.21. The summed E-state index contributed by atoms with van der Waals surface area (Å²) < 4.78 is 0. The maximum absolute atomic E-state index is 12.2. The second-order valence-corrected chi connectivity index (χ2v) is 7.71. The lowest BCUT2D eigenvalue weighted by Gasteiger charge is -2.18. The third-order valence-corrected chi connectivity index (χ3v) is 5.64. The molecular formula is C23H30N4O. The van der Waals surface area contributed by atoms with Gasteiger partial charge in [0, 0.05) is 61.9 Å². The van der Waals surface area contributed by atoms with Gasteiger partial charge in [0.15, 0.2) is 0 Å². The van der Waals surface area contributed by atoms with Crippen molar-refractivity contribution in [1.82, 2.24) is 0 Å². The fraction of sp³-hybridized carbons (Fsp3) is 0.435. The van der Waals surface area contributed by atoms with Gasteiger partial charge in [-0.1, -0.05) is 0 Å². The lowest BCUT2D eigenvalue weighted by molar-refractivity contribution is -0.115. The van der Waals surface area contributed by atoms with Gasteiger partial charge in [0.2, 0.25) is 5.91 Å². The Morgan fingerprint density at radius 3 is 1.68 bits per heavy atom. The standard InChI is InChI=1S/C23H30N4O/c28-23(25-20-7-11-22(12-8-20)27-17-3-4-18-27)13-14-24-19-5-9-21(10-6-19)26-15-1-2-16-26/h5-12,24H,1-4,13-18H2,(H,25,28). The van der Waals surface area contributed by atoms with E-state index in [1.54, 1.807) is 0 Å². The molecule has 0 unspecified atom stereocenters. The highest BCUT2D eigenvalue weighted by Crippen LogP contribution is 2.23. The number of rotatable bonds is 7. The molecule has 0 saturated carbocycles. The number of carbonyl (C=O) groups is 1. The Bertz CT molecular complexity index is 760. The summed E-state index contributed by atoms with van der Waals surface area (Å²) >= 11 is 0. The summed E-state index contributed by atoms with van der Waals surface area (Å²) in [7, 11) is 0. The summed E-state index contributed by atoms with van der Waals surface area (Å²) in [5.74, 6) is 0.0371. The third kappa shape index (κ3) is 4.77. The van der Waals surface area contributed by atoms with E-state index < -0.39 is 0 Å². The molecule has 148 valence electrons. The molecule has 5 heteroatoms. The van der Waals surface area contributed by atoms with Crippen molar-refractivity contribution in [2.24, 2.45) is 0 Å². The van der Waals surface area contributed by atoms with Crippen molar-refractivity contribution in [2.75, 3.05) is 53.2 Å². The highest BCUT2D eigenvalue weighted by Gasteiger charge is 2.13. The quantitative estimate of drug-likeness (QED) is 0.753. The van der Waals surface area contributed by atoms with Crippen molar-refractivity contribution in [3.8, 4) is 0 Å². The van der Waals surface area contributed by atoms with E-state index in [0.717, 1.165) is 37.6 Å². The Balaban J connectivity index is 1.20. The predicted octanol–water partition coefficient (Wildman–Crippen LogP) is 4.33. The van der Waals surface area contributed by atoms with E-state index in [-0.39, 0.29) is 5.91 Å². The molecular weight excluding hydrogens is 348 g/mol. The van der Waals surface area contributed by atoms with Crippen LogP contribution in [0.15, 0.2) is 48.5 Å². The number of hydrogen-bond donors (Lipinski definition) is 2. The molecule has 2 saturated heterocycles. The van der Waals surface area contributed by atoms with Gasteiger partial charge in [0.1, 0.15) is 0 Å². The zero-order chi connectivity index (χ0) is 19.2. The molecule has 0 radical (unpaired) electrons. The topological polar surface area (TPSA) is 47.6 Å². The zero-order valence-corrected chi connectivity index (χ0v) is 16.5. The second kappa shape index (κ2) is 9.00. The molecule has 2 aromatic carbocycles. The van der Waals surface area contributed by atoms with E-state index >= 15 is 0 Å². The van der Waals surface area contributed by atoms with Crippen LogP contribution in [0, 0.1) is 0 Å². The minimum atomic E-state index is 0.0371. The van der Waals surface area contributed by atoms with Gasteiger partial charge in [-0.25, -0.2) is 0 Å². The number of anilines is 4. The molecule has 2 aliphatic rings. The molecule has 0 atom stereocenters. The van der Waals surface area contributed by atoms with E-state index in [0.29, 0.717) is 13.0 Å². The minimum Gasteiger partial charge on any atom is -0.385 e. The molecule has 2 aromatic rings. The van der Waals surface area contributed by atoms with Crippen LogP contribution >= 0.6 is 0 Å². The van der Waals surface area contributed by atoms with Crippen LogP contribution < -0.4 is 20.4 Å². The van der Waals surface area contributed by atoms with E-state index in [1.165, 1.54) is 37.1 Å². The first-order valence-corrected chi connectivity index (χ1v) is 10.5. The van der Waals surface area contributed by atoms with Gasteiger partial charge in [-0.15, -0.1) is 0 Å². The summed E-state index contributed by atoms with van der Waals surface area (Å²) in [5.41, 5.74) is 4.46. The van der Waals surface area contributed by atoms with Gasteiger partial charge in [0.05, 0.1) is 0 Å². The molecule has 2 fully saturated rings. The molecule has 2 aliphatic heterocycles. The van der Waals surface area contributed by atoms with Gasteiger partial charge in [-0.2, -0.15) is 0 Å². The molecule has 0 aromatic heterocycles. The number of carbonyl (C=O) groups excluding carboxylic acids is 1. The Hall–Kier alpha value is -2.69. The van der Waals surface area contributed by atoms with Crippen LogP contribution in [-0.2, 0) is 4.79 Å². The first-order chi connectivity index (χ1) is 13.8. The molecule has 0 bridgehead atoms. The normalized spacial score (nSPS) is 16.4. The zero-order valence-electron chi connectivity index (χ0n) is 16.5. The van der Waals surface area contributed by atoms with Gasteiger partial charge in [0.25, 0.3) is 0 Å². The van der Waals surface area contributed by atoms with Crippen molar-refractivity contribution in [3.63, 3.8) is 0 Å². The van der Waals surface area contributed by atoms with Gasteiger partial charge in [-0.3, -0.25) is 4.79 Å². The van der Waals surface area contributed by atoms with Crippen LogP contribution in [0.1, 0.15) is 32.1 Å². The van der Waals surface area contributed by atoms with Crippen molar-refractivity contribution in [1.29, 1.82) is 0 Å².